The van der Waals surface area contributed by atoms with Crippen molar-refractivity contribution in [1.29, 1.82) is 0 Å². The number of fused-ring (bicyclic) bond motifs is 4. The lowest BCUT2D eigenvalue weighted by Crippen LogP contribution is -2.71. The molecule has 0 radical (unpaired) electrons. The molecule has 2 fully saturated rings. The molecule has 10 heteroatoms. The van der Waals surface area contributed by atoms with E-state index in [4.69, 9.17) is 18.6 Å². The predicted molar refractivity (Wildman–Crippen MR) is 162 cm³/mol. The number of pyridine rings is 1. The van der Waals surface area contributed by atoms with E-state index in [-0.39, 0.29) is 30.1 Å². The maximum atomic E-state index is 13.7. The molecule has 0 saturated heterocycles. The molecule has 238 valence electrons. The van der Waals surface area contributed by atoms with E-state index in [9.17, 15) is 24.6 Å². The summed E-state index contributed by atoms with van der Waals surface area (Å²) in [6.07, 6.45) is 1.20. The van der Waals surface area contributed by atoms with Crippen LogP contribution in [0.4, 0.5) is 0 Å². The molecule has 8 atom stereocenters. The maximum absolute atomic E-state index is 13.7. The lowest BCUT2D eigenvalue weighted by molar-refractivity contribution is -0.264. The molecule has 0 spiro atoms. The molecule has 1 aliphatic heterocycles. The van der Waals surface area contributed by atoms with Crippen molar-refractivity contribution < 1.29 is 38.4 Å². The molecule has 0 bridgehead atoms. The van der Waals surface area contributed by atoms with Gasteiger partial charge in [0, 0.05) is 42.3 Å². The van der Waals surface area contributed by atoms with Crippen LogP contribution >= 0.6 is 0 Å². The lowest BCUT2D eigenvalue weighted by Gasteiger charge is -2.66. The van der Waals surface area contributed by atoms with Crippen molar-refractivity contribution in [3.63, 3.8) is 0 Å². The van der Waals surface area contributed by atoms with Crippen LogP contribution in [0.1, 0.15) is 74.5 Å². The number of benzene rings is 1. The molecule has 2 aromatic heterocycles. The number of esters is 2. The highest BCUT2D eigenvalue weighted by atomic mass is 16.6. The summed E-state index contributed by atoms with van der Waals surface area (Å²) in [5, 5.41) is 23.6. The van der Waals surface area contributed by atoms with Gasteiger partial charge >= 0.3 is 17.6 Å². The fourth-order valence-corrected chi connectivity index (χ4v) is 8.43. The van der Waals surface area contributed by atoms with Gasteiger partial charge in [0.2, 0.25) is 0 Å². The van der Waals surface area contributed by atoms with E-state index < -0.39 is 64.1 Å². The van der Waals surface area contributed by atoms with Crippen LogP contribution in [0.15, 0.2) is 64.1 Å². The standard InChI is InChI=1S/C35H39NO9/c1-19-8-6-9-21(14-19)31(40)44-27-16-25-33(3,12-11-26(38)34(25,4)18-42-20(2)37)30-29(39)28-24(45-35(27,30)5)15-23(43-32(28)41)22-10-7-13-36-17-22/h6-10,13-15,17,25-27,29-30,38-39H,11-12,16,18H2,1-5H3/t25?,26-,27-,29-,30?,33-,34?,35+/m0/s1. The third-order valence-corrected chi connectivity index (χ3v) is 10.7. The Morgan fingerprint density at radius 3 is 2.58 bits per heavy atom. The van der Waals surface area contributed by atoms with Gasteiger partial charge in [-0.2, -0.15) is 0 Å². The topological polar surface area (TPSA) is 145 Å². The molecular weight excluding hydrogens is 578 g/mol. The van der Waals surface area contributed by atoms with Gasteiger partial charge in [-0.25, -0.2) is 9.59 Å². The Morgan fingerprint density at radius 2 is 1.89 bits per heavy atom. The van der Waals surface area contributed by atoms with E-state index in [0.717, 1.165) is 5.56 Å². The van der Waals surface area contributed by atoms with E-state index >= 15 is 0 Å². The zero-order valence-electron chi connectivity index (χ0n) is 26.1. The highest BCUT2D eigenvalue weighted by Gasteiger charge is 2.70. The number of aromatic nitrogens is 1. The molecule has 3 unspecified atom stereocenters. The molecular formula is C35H39NO9. The predicted octanol–water partition coefficient (Wildman–Crippen LogP) is 4.79. The lowest BCUT2D eigenvalue weighted by atomic mass is 9.42. The van der Waals surface area contributed by atoms with Crippen molar-refractivity contribution in [2.24, 2.45) is 22.7 Å². The van der Waals surface area contributed by atoms with Gasteiger partial charge in [-0.15, -0.1) is 0 Å². The molecule has 0 amide bonds. The van der Waals surface area contributed by atoms with Crippen LogP contribution in [0, 0.1) is 29.6 Å². The number of hydrogen-bond acceptors (Lipinski definition) is 10. The summed E-state index contributed by atoms with van der Waals surface area (Å²) in [5.41, 5.74) is -1.90. The summed E-state index contributed by atoms with van der Waals surface area (Å²) >= 11 is 0. The fraction of sp³-hybridized carbons (Fsp3) is 0.486. The van der Waals surface area contributed by atoms with Gasteiger partial charge in [-0.3, -0.25) is 9.78 Å². The largest absolute Gasteiger partial charge is 0.482 e. The highest BCUT2D eigenvalue weighted by molar-refractivity contribution is 5.89. The van der Waals surface area contributed by atoms with Crippen molar-refractivity contribution >= 4 is 11.9 Å². The molecule has 3 aromatic rings. The Balaban J connectivity index is 1.50. The molecule has 45 heavy (non-hydrogen) atoms. The molecule has 3 aliphatic rings. The van der Waals surface area contributed by atoms with Gasteiger partial charge < -0.3 is 28.8 Å². The number of aliphatic hydroxyl groups is 2. The second-order valence-corrected chi connectivity index (χ2v) is 13.5. The first-order valence-corrected chi connectivity index (χ1v) is 15.3. The van der Waals surface area contributed by atoms with Crippen molar-refractivity contribution in [2.75, 3.05) is 6.61 Å². The summed E-state index contributed by atoms with van der Waals surface area (Å²) in [6.45, 7) is 8.83. The minimum atomic E-state index is -1.35. The normalized spacial score (nSPS) is 33.5. The van der Waals surface area contributed by atoms with Gasteiger partial charge in [-0.05, 0) is 68.7 Å². The summed E-state index contributed by atoms with van der Waals surface area (Å²) in [5.74, 6) is -1.82. The zero-order chi connectivity index (χ0) is 32.3. The first-order chi connectivity index (χ1) is 21.3. The Bertz CT molecular complexity index is 1690. The van der Waals surface area contributed by atoms with Crippen molar-refractivity contribution in [3.05, 3.63) is 82.0 Å². The molecule has 1 aromatic carbocycles. The van der Waals surface area contributed by atoms with Crippen LogP contribution in [0.2, 0.25) is 0 Å². The van der Waals surface area contributed by atoms with Gasteiger partial charge in [0.1, 0.15) is 28.8 Å². The van der Waals surface area contributed by atoms with Crippen LogP contribution < -0.4 is 10.4 Å². The number of aliphatic hydroxyl groups excluding tert-OH is 2. The van der Waals surface area contributed by atoms with Gasteiger partial charge in [0.25, 0.3) is 0 Å². The first kappa shape index (κ1) is 31.0. The van der Waals surface area contributed by atoms with E-state index in [1.54, 1.807) is 48.8 Å². The van der Waals surface area contributed by atoms with E-state index in [1.807, 2.05) is 33.8 Å². The van der Waals surface area contributed by atoms with E-state index in [0.29, 0.717) is 24.0 Å². The Labute approximate surface area is 261 Å². The van der Waals surface area contributed by atoms with Crippen molar-refractivity contribution in [3.8, 4) is 17.1 Å². The summed E-state index contributed by atoms with van der Waals surface area (Å²) < 4.78 is 24.2. The van der Waals surface area contributed by atoms with Crippen LogP contribution in [0.5, 0.6) is 5.75 Å². The number of rotatable bonds is 5. The molecule has 10 nitrogen and oxygen atoms in total. The quantitative estimate of drug-likeness (QED) is 0.384. The third-order valence-electron chi connectivity index (χ3n) is 10.7. The molecule has 3 heterocycles. The van der Waals surface area contributed by atoms with Gasteiger partial charge in [0.15, 0.2) is 0 Å². The van der Waals surface area contributed by atoms with Gasteiger partial charge in [0.05, 0.1) is 24.4 Å². The van der Waals surface area contributed by atoms with Gasteiger partial charge in [-0.1, -0.05) is 31.5 Å². The minimum Gasteiger partial charge on any atom is -0.482 e. The van der Waals surface area contributed by atoms with Crippen molar-refractivity contribution in [1.82, 2.24) is 4.98 Å². The second-order valence-electron chi connectivity index (χ2n) is 13.5. The molecule has 6 rings (SSSR count). The number of hydrogen-bond donors (Lipinski definition) is 2. The minimum absolute atomic E-state index is 0.0106. The monoisotopic (exact) mass is 617 g/mol. The average Bonchev–Trinajstić information content (AvgIpc) is 2.99. The average molecular weight is 618 g/mol. The number of ether oxygens (including phenoxy) is 3. The van der Waals surface area contributed by atoms with Crippen LogP contribution in [-0.2, 0) is 14.3 Å². The Hall–Kier alpha value is -4.02. The number of carbonyl (C=O) groups excluding carboxylic acids is 2. The zero-order valence-corrected chi connectivity index (χ0v) is 26.1. The van der Waals surface area contributed by atoms with Crippen molar-refractivity contribution in [2.45, 2.75) is 77.8 Å². The number of nitrogens with zero attached hydrogens (tertiary/aromatic N) is 1. The molecule has 2 saturated carbocycles. The smallest absolute Gasteiger partial charge is 0.345 e. The summed E-state index contributed by atoms with van der Waals surface area (Å²) in [6, 6.07) is 12.1. The summed E-state index contributed by atoms with van der Waals surface area (Å²) in [4.78, 5) is 43.2. The highest BCUT2D eigenvalue weighted by Crippen LogP contribution is 2.67. The Kier molecular flexibility index (Phi) is 7.64. The fourth-order valence-electron chi connectivity index (χ4n) is 8.43. The third kappa shape index (κ3) is 5.04. The second kappa shape index (κ2) is 11.1. The number of carbonyl (C=O) groups is 2. The number of aryl methyl sites for hydroxylation is 1. The maximum Gasteiger partial charge on any atom is 0.345 e. The van der Waals surface area contributed by atoms with Crippen LogP contribution in [-0.4, -0.2) is 51.6 Å². The first-order valence-electron chi connectivity index (χ1n) is 15.3. The SMILES string of the molecule is CC(=O)OCC1(C)C2C[C@H](OC(=O)c3cccc(C)c3)[C@@]3(C)Oc4cc(-c5cccnc5)oc(=O)c4[C@H](O)C3[C@@]2(C)CC[C@@H]1O. The summed E-state index contributed by atoms with van der Waals surface area (Å²) in [7, 11) is 0. The van der Waals surface area contributed by atoms with E-state index in [2.05, 4.69) is 4.98 Å². The Morgan fingerprint density at radius 1 is 1.11 bits per heavy atom. The van der Waals surface area contributed by atoms with Crippen LogP contribution in [0.3, 0.4) is 0 Å². The van der Waals surface area contributed by atoms with E-state index in [1.165, 1.54) is 6.92 Å². The molecule has 2 N–H and O–H groups in total. The van der Waals surface area contributed by atoms with Crippen LogP contribution in [0.25, 0.3) is 11.3 Å². The molecule has 2 aliphatic carbocycles.